The first-order chi connectivity index (χ1) is 10.2. The first kappa shape index (κ1) is 13.3. The van der Waals surface area contributed by atoms with Crippen LogP contribution in [0.3, 0.4) is 0 Å². The zero-order valence-electron chi connectivity index (χ0n) is 11.9. The number of benzene rings is 1. The first-order valence-corrected chi connectivity index (χ1v) is 6.78. The van der Waals surface area contributed by atoms with Gasteiger partial charge in [0.05, 0.1) is 12.3 Å². The standard InChI is InChI=1S/C16H15N3O2/c1-3-21-15-16(20)19(12-8-6-11(2)7-9-12)14-13(18-15)5-4-10-17-14/h4-10H,3H2,1-2H3. The summed E-state index contributed by atoms with van der Waals surface area (Å²) in [6, 6.07) is 11.3. The fourth-order valence-corrected chi connectivity index (χ4v) is 2.16. The molecule has 0 saturated heterocycles. The van der Waals surface area contributed by atoms with Crippen molar-refractivity contribution in [1.82, 2.24) is 14.5 Å². The van der Waals surface area contributed by atoms with E-state index in [1.165, 1.54) is 4.57 Å². The van der Waals surface area contributed by atoms with Crippen LogP contribution in [0.1, 0.15) is 12.5 Å². The van der Waals surface area contributed by atoms with Crippen LogP contribution in [0.15, 0.2) is 47.4 Å². The van der Waals surface area contributed by atoms with Crippen LogP contribution in [0.2, 0.25) is 0 Å². The van der Waals surface area contributed by atoms with E-state index in [0.29, 0.717) is 17.8 Å². The first-order valence-electron chi connectivity index (χ1n) is 6.78. The molecule has 0 N–H and O–H groups in total. The molecule has 0 fully saturated rings. The molecule has 3 rings (SSSR count). The summed E-state index contributed by atoms with van der Waals surface area (Å²) in [7, 11) is 0. The normalized spacial score (nSPS) is 10.8. The Labute approximate surface area is 121 Å². The molecule has 2 aromatic heterocycles. The maximum absolute atomic E-state index is 12.6. The number of nitrogens with zero attached hydrogens (tertiary/aromatic N) is 3. The van der Waals surface area contributed by atoms with Gasteiger partial charge >= 0.3 is 5.56 Å². The molecule has 2 heterocycles. The van der Waals surface area contributed by atoms with Gasteiger partial charge in [0.1, 0.15) is 5.52 Å². The van der Waals surface area contributed by atoms with Crippen molar-refractivity contribution in [2.75, 3.05) is 6.61 Å². The Morgan fingerprint density at radius 2 is 1.95 bits per heavy atom. The van der Waals surface area contributed by atoms with E-state index in [9.17, 15) is 4.79 Å². The third kappa shape index (κ3) is 2.38. The van der Waals surface area contributed by atoms with Crippen molar-refractivity contribution in [1.29, 1.82) is 0 Å². The van der Waals surface area contributed by atoms with Crippen LogP contribution in [0.4, 0.5) is 0 Å². The van der Waals surface area contributed by atoms with Gasteiger partial charge in [0.25, 0.3) is 5.88 Å². The smallest absolute Gasteiger partial charge is 0.319 e. The van der Waals surface area contributed by atoms with Gasteiger partial charge in [-0.05, 0) is 38.1 Å². The zero-order valence-corrected chi connectivity index (χ0v) is 11.9. The molecule has 3 aromatic rings. The molecule has 0 bridgehead atoms. The number of hydrogen-bond acceptors (Lipinski definition) is 4. The Bertz CT molecular complexity index is 838. The highest BCUT2D eigenvalue weighted by Crippen LogP contribution is 2.16. The maximum Gasteiger partial charge on any atom is 0.319 e. The second-order valence-corrected chi connectivity index (χ2v) is 4.67. The largest absolute Gasteiger partial charge is 0.474 e. The molecule has 0 aliphatic heterocycles. The monoisotopic (exact) mass is 281 g/mol. The van der Waals surface area contributed by atoms with Gasteiger partial charge in [0.15, 0.2) is 5.65 Å². The zero-order chi connectivity index (χ0) is 14.8. The van der Waals surface area contributed by atoms with Gasteiger partial charge in [-0.2, -0.15) is 0 Å². The second-order valence-electron chi connectivity index (χ2n) is 4.67. The van der Waals surface area contributed by atoms with Crippen molar-refractivity contribution in [2.45, 2.75) is 13.8 Å². The highest BCUT2D eigenvalue weighted by molar-refractivity contribution is 5.72. The SMILES string of the molecule is CCOc1nc2cccnc2n(-c2ccc(C)cc2)c1=O. The van der Waals surface area contributed by atoms with Crippen LogP contribution >= 0.6 is 0 Å². The summed E-state index contributed by atoms with van der Waals surface area (Å²) in [6.45, 7) is 4.22. The van der Waals surface area contributed by atoms with Gasteiger partial charge < -0.3 is 4.74 Å². The van der Waals surface area contributed by atoms with Crippen molar-refractivity contribution < 1.29 is 4.74 Å². The van der Waals surface area contributed by atoms with Gasteiger partial charge in [-0.25, -0.2) is 9.97 Å². The summed E-state index contributed by atoms with van der Waals surface area (Å²) in [5.41, 5.74) is 2.73. The topological polar surface area (TPSA) is 57.0 Å². The molecule has 5 nitrogen and oxygen atoms in total. The maximum atomic E-state index is 12.6. The highest BCUT2D eigenvalue weighted by atomic mass is 16.5. The van der Waals surface area contributed by atoms with Crippen molar-refractivity contribution in [3.05, 3.63) is 58.5 Å². The molecule has 0 unspecified atom stereocenters. The molecule has 0 atom stereocenters. The van der Waals surface area contributed by atoms with Crippen LogP contribution in [0, 0.1) is 6.92 Å². The minimum Gasteiger partial charge on any atom is -0.474 e. The summed E-state index contributed by atoms with van der Waals surface area (Å²) in [5, 5.41) is 0. The van der Waals surface area contributed by atoms with Crippen molar-refractivity contribution in [2.24, 2.45) is 0 Å². The molecule has 0 amide bonds. The van der Waals surface area contributed by atoms with E-state index in [1.54, 1.807) is 12.3 Å². The Morgan fingerprint density at radius 3 is 2.67 bits per heavy atom. The number of hydrogen-bond donors (Lipinski definition) is 0. The van der Waals surface area contributed by atoms with Crippen molar-refractivity contribution >= 4 is 11.2 Å². The lowest BCUT2D eigenvalue weighted by molar-refractivity contribution is 0.321. The third-order valence-corrected chi connectivity index (χ3v) is 3.16. The number of aryl methyl sites for hydroxylation is 1. The summed E-state index contributed by atoms with van der Waals surface area (Å²) in [4.78, 5) is 21.1. The van der Waals surface area contributed by atoms with Crippen LogP contribution < -0.4 is 10.3 Å². The molecule has 0 spiro atoms. The quantitative estimate of drug-likeness (QED) is 0.740. The summed E-state index contributed by atoms with van der Waals surface area (Å²) >= 11 is 0. The second kappa shape index (κ2) is 5.36. The van der Waals surface area contributed by atoms with Crippen molar-refractivity contribution in [3.8, 4) is 11.6 Å². The van der Waals surface area contributed by atoms with Gasteiger partial charge in [0, 0.05) is 6.20 Å². The lowest BCUT2D eigenvalue weighted by Crippen LogP contribution is -2.23. The predicted octanol–water partition coefficient (Wildman–Crippen LogP) is 2.49. The number of ether oxygens (including phenoxy) is 1. The minimum atomic E-state index is -0.299. The molecule has 21 heavy (non-hydrogen) atoms. The van der Waals surface area contributed by atoms with Crippen LogP contribution in [-0.4, -0.2) is 21.1 Å². The molecule has 0 aliphatic carbocycles. The van der Waals surface area contributed by atoms with Crippen LogP contribution in [-0.2, 0) is 0 Å². The van der Waals surface area contributed by atoms with Gasteiger partial charge in [-0.3, -0.25) is 9.36 Å². The molecule has 0 radical (unpaired) electrons. The highest BCUT2D eigenvalue weighted by Gasteiger charge is 2.13. The number of fused-ring (bicyclic) bond motifs is 1. The van der Waals surface area contributed by atoms with Gasteiger partial charge in [0.2, 0.25) is 0 Å². The number of pyridine rings is 1. The molecule has 106 valence electrons. The Hall–Kier alpha value is -2.69. The third-order valence-electron chi connectivity index (χ3n) is 3.16. The van der Waals surface area contributed by atoms with E-state index < -0.39 is 0 Å². The van der Waals surface area contributed by atoms with Crippen LogP contribution in [0.25, 0.3) is 16.9 Å². The van der Waals surface area contributed by atoms with Crippen molar-refractivity contribution in [3.63, 3.8) is 0 Å². The predicted molar refractivity (Wildman–Crippen MR) is 81.0 cm³/mol. The van der Waals surface area contributed by atoms with E-state index in [1.807, 2.05) is 44.2 Å². The fourth-order valence-electron chi connectivity index (χ4n) is 2.16. The average Bonchev–Trinajstić information content (AvgIpc) is 2.50. The van der Waals surface area contributed by atoms with E-state index in [0.717, 1.165) is 11.3 Å². The van der Waals surface area contributed by atoms with E-state index in [4.69, 9.17) is 4.74 Å². The van der Waals surface area contributed by atoms with Gasteiger partial charge in [-0.1, -0.05) is 17.7 Å². The molecule has 0 aliphatic rings. The molecular weight excluding hydrogens is 266 g/mol. The van der Waals surface area contributed by atoms with E-state index in [-0.39, 0.29) is 11.4 Å². The van der Waals surface area contributed by atoms with Crippen LogP contribution in [0.5, 0.6) is 5.88 Å². The lowest BCUT2D eigenvalue weighted by Gasteiger charge is -2.11. The van der Waals surface area contributed by atoms with E-state index in [2.05, 4.69) is 9.97 Å². The molecule has 0 saturated carbocycles. The van der Waals surface area contributed by atoms with Gasteiger partial charge in [-0.15, -0.1) is 0 Å². The molecule has 1 aromatic carbocycles. The molecular formula is C16H15N3O2. The fraction of sp³-hybridized carbons (Fsp3) is 0.188. The number of rotatable bonds is 3. The molecule has 5 heteroatoms. The minimum absolute atomic E-state index is 0.0959. The van der Waals surface area contributed by atoms with E-state index >= 15 is 0 Å². The average molecular weight is 281 g/mol. The Balaban J connectivity index is 2.35. The lowest BCUT2D eigenvalue weighted by atomic mass is 10.2. The Morgan fingerprint density at radius 1 is 1.19 bits per heavy atom. The number of aromatic nitrogens is 3. The Kier molecular flexibility index (Phi) is 3.39. The summed E-state index contributed by atoms with van der Waals surface area (Å²) in [5.74, 6) is 0.0959. The summed E-state index contributed by atoms with van der Waals surface area (Å²) in [6.07, 6.45) is 1.65. The summed E-state index contributed by atoms with van der Waals surface area (Å²) < 4.78 is 6.89.